The summed E-state index contributed by atoms with van der Waals surface area (Å²) in [5.41, 5.74) is -0.000480. The van der Waals surface area contributed by atoms with Crippen molar-refractivity contribution in [2.45, 2.75) is 0 Å². The summed E-state index contributed by atoms with van der Waals surface area (Å²) in [5, 5.41) is 12.5. The van der Waals surface area contributed by atoms with E-state index < -0.39 is 11.5 Å². The minimum absolute atomic E-state index is 0.0189. The molecule has 0 aliphatic heterocycles. The molecule has 6 heteroatoms. The van der Waals surface area contributed by atoms with Gasteiger partial charge in [-0.2, -0.15) is 0 Å². The van der Waals surface area contributed by atoms with Crippen molar-refractivity contribution in [3.63, 3.8) is 0 Å². The quantitative estimate of drug-likeness (QED) is 0.776. The first-order chi connectivity index (χ1) is 8.56. The van der Waals surface area contributed by atoms with Crippen molar-refractivity contribution >= 4 is 23.2 Å². The third kappa shape index (κ3) is 2.70. The molecular formula is C12H9ClN2O3. The van der Waals surface area contributed by atoms with Crippen LogP contribution in [0.25, 0.3) is 0 Å². The van der Waals surface area contributed by atoms with E-state index in [1.54, 1.807) is 24.3 Å². The van der Waals surface area contributed by atoms with Crippen LogP contribution in [0.1, 0.15) is 10.4 Å². The van der Waals surface area contributed by atoms with Crippen LogP contribution in [0.5, 0.6) is 5.75 Å². The number of hydrogen-bond donors (Lipinski definition) is 3. The smallest absolute Gasteiger partial charge is 0.260 e. The number of pyridine rings is 1. The lowest BCUT2D eigenvalue weighted by molar-refractivity contribution is 0.102. The zero-order valence-electron chi connectivity index (χ0n) is 9.11. The fourth-order valence-corrected chi connectivity index (χ4v) is 1.60. The van der Waals surface area contributed by atoms with Crippen molar-refractivity contribution < 1.29 is 9.90 Å². The van der Waals surface area contributed by atoms with Crippen molar-refractivity contribution in [1.82, 2.24) is 4.98 Å². The van der Waals surface area contributed by atoms with Crippen LogP contribution in [0.2, 0.25) is 5.02 Å². The predicted molar refractivity (Wildman–Crippen MR) is 68.1 cm³/mol. The number of carbonyl (C=O) groups excluding carboxylic acids is 1. The summed E-state index contributed by atoms with van der Waals surface area (Å²) in [7, 11) is 0. The minimum Gasteiger partial charge on any atom is -0.507 e. The van der Waals surface area contributed by atoms with Gasteiger partial charge in [0, 0.05) is 23.0 Å². The second-order valence-electron chi connectivity index (χ2n) is 3.56. The van der Waals surface area contributed by atoms with Gasteiger partial charge in [-0.3, -0.25) is 9.59 Å². The summed E-state index contributed by atoms with van der Waals surface area (Å²) in [5.74, 6) is -0.913. The van der Waals surface area contributed by atoms with E-state index in [1.807, 2.05) is 0 Å². The van der Waals surface area contributed by atoms with E-state index in [0.717, 1.165) is 12.3 Å². The zero-order chi connectivity index (χ0) is 13.1. The number of H-pyrrole nitrogens is 1. The maximum absolute atomic E-state index is 11.8. The second kappa shape index (κ2) is 4.93. The van der Waals surface area contributed by atoms with Gasteiger partial charge in [-0.15, -0.1) is 0 Å². The predicted octanol–water partition coefficient (Wildman–Crippen LogP) is 1.99. The van der Waals surface area contributed by atoms with Gasteiger partial charge in [0.25, 0.3) is 11.5 Å². The fourth-order valence-electron chi connectivity index (χ4n) is 1.41. The Kier molecular flexibility index (Phi) is 3.34. The number of amides is 1. The topological polar surface area (TPSA) is 82.2 Å². The van der Waals surface area contributed by atoms with E-state index in [1.165, 1.54) is 0 Å². The van der Waals surface area contributed by atoms with Crippen LogP contribution in [0.15, 0.2) is 41.3 Å². The molecule has 0 unspecified atom stereocenters. The molecule has 2 aromatic rings. The molecule has 0 atom stereocenters. The lowest BCUT2D eigenvalue weighted by Gasteiger charge is -2.06. The highest BCUT2D eigenvalue weighted by Crippen LogP contribution is 2.18. The molecule has 0 aliphatic rings. The molecule has 0 bridgehead atoms. The van der Waals surface area contributed by atoms with Gasteiger partial charge >= 0.3 is 0 Å². The van der Waals surface area contributed by atoms with Crippen LogP contribution in [0, 0.1) is 0 Å². The zero-order valence-corrected chi connectivity index (χ0v) is 9.86. The van der Waals surface area contributed by atoms with Gasteiger partial charge in [0.15, 0.2) is 0 Å². The number of carbonyl (C=O) groups is 1. The molecule has 1 aromatic heterocycles. The molecule has 3 N–H and O–H groups in total. The Hall–Kier alpha value is -2.27. The number of nitrogens with one attached hydrogen (secondary N) is 2. The lowest BCUT2D eigenvalue weighted by atomic mass is 10.2. The summed E-state index contributed by atoms with van der Waals surface area (Å²) in [6.45, 7) is 0. The van der Waals surface area contributed by atoms with Crippen molar-refractivity contribution in [2.24, 2.45) is 0 Å². The largest absolute Gasteiger partial charge is 0.507 e. The molecule has 5 nitrogen and oxygen atoms in total. The number of halogens is 1. The normalized spacial score (nSPS) is 10.1. The molecule has 1 amide bonds. The average molecular weight is 265 g/mol. The average Bonchev–Trinajstić information content (AvgIpc) is 2.28. The van der Waals surface area contributed by atoms with E-state index in [0.29, 0.717) is 10.7 Å². The first kappa shape index (κ1) is 12.2. The lowest BCUT2D eigenvalue weighted by Crippen LogP contribution is -2.15. The van der Waals surface area contributed by atoms with Crippen LogP contribution >= 0.6 is 11.6 Å². The Morgan fingerprint density at radius 1 is 1.33 bits per heavy atom. The van der Waals surface area contributed by atoms with Gasteiger partial charge in [0.2, 0.25) is 0 Å². The van der Waals surface area contributed by atoms with E-state index in [9.17, 15) is 14.7 Å². The molecule has 0 spiro atoms. The fraction of sp³-hybridized carbons (Fsp3) is 0. The summed E-state index contributed by atoms with van der Waals surface area (Å²) < 4.78 is 0. The Morgan fingerprint density at radius 2 is 2.11 bits per heavy atom. The molecule has 0 saturated heterocycles. The Balaban J connectivity index is 2.25. The van der Waals surface area contributed by atoms with Gasteiger partial charge in [0.1, 0.15) is 5.75 Å². The van der Waals surface area contributed by atoms with Gasteiger partial charge in [-0.05, 0) is 18.2 Å². The van der Waals surface area contributed by atoms with Crippen LogP contribution in [-0.4, -0.2) is 16.0 Å². The van der Waals surface area contributed by atoms with Crippen molar-refractivity contribution in [2.75, 3.05) is 5.32 Å². The molecule has 0 radical (unpaired) electrons. The second-order valence-corrected chi connectivity index (χ2v) is 4.00. The number of anilines is 1. The van der Waals surface area contributed by atoms with E-state index in [4.69, 9.17) is 11.6 Å². The van der Waals surface area contributed by atoms with Crippen LogP contribution in [-0.2, 0) is 0 Å². The summed E-state index contributed by atoms with van der Waals surface area (Å²) in [6, 6.07) is 7.53. The first-order valence-corrected chi connectivity index (χ1v) is 5.42. The number of aromatic nitrogens is 1. The molecule has 1 heterocycles. The number of benzene rings is 1. The number of hydrogen-bond acceptors (Lipinski definition) is 3. The maximum Gasteiger partial charge on any atom is 0.260 e. The van der Waals surface area contributed by atoms with Gasteiger partial charge in [0.05, 0.1) is 5.56 Å². The molecule has 0 saturated carbocycles. The van der Waals surface area contributed by atoms with Crippen LogP contribution < -0.4 is 10.9 Å². The third-order valence-corrected chi connectivity index (χ3v) is 2.46. The van der Waals surface area contributed by atoms with Gasteiger partial charge in [-0.25, -0.2) is 0 Å². The Morgan fingerprint density at radius 3 is 2.78 bits per heavy atom. The maximum atomic E-state index is 11.8. The Bertz CT molecular complexity index is 652. The minimum atomic E-state index is -0.536. The molecular weight excluding hydrogens is 256 g/mol. The van der Waals surface area contributed by atoms with Crippen molar-refractivity contribution in [1.29, 1.82) is 0 Å². The summed E-state index contributed by atoms with van der Waals surface area (Å²) in [6.07, 6.45) is 1.15. The van der Waals surface area contributed by atoms with Crippen molar-refractivity contribution in [3.8, 4) is 5.75 Å². The summed E-state index contributed by atoms with van der Waals surface area (Å²) in [4.78, 5) is 25.0. The first-order valence-electron chi connectivity index (χ1n) is 5.05. The van der Waals surface area contributed by atoms with Crippen molar-refractivity contribution in [3.05, 3.63) is 57.5 Å². The SMILES string of the molecule is O=C(Nc1cccc(Cl)c1)c1c[nH]c(=O)cc1O. The third-order valence-electron chi connectivity index (χ3n) is 2.23. The highest BCUT2D eigenvalue weighted by molar-refractivity contribution is 6.31. The van der Waals surface area contributed by atoms with Gasteiger partial charge < -0.3 is 15.4 Å². The molecule has 2 rings (SSSR count). The van der Waals surface area contributed by atoms with E-state index in [-0.39, 0.29) is 11.3 Å². The molecule has 1 aromatic carbocycles. The van der Waals surface area contributed by atoms with Gasteiger partial charge in [-0.1, -0.05) is 17.7 Å². The standard InChI is InChI=1S/C12H9ClN2O3/c13-7-2-1-3-8(4-7)15-12(18)9-6-14-11(17)5-10(9)16/h1-6H,(H,15,18)(H2,14,16,17). The molecule has 0 aliphatic carbocycles. The Labute approximate surface area is 107 Å². The molecule has 18 heavy (non-hydrogen) atoms. The highest BCUT2D eigenvalue weighted by Gasteiger charge is 2.11. The highest BCUT2D eigenvalue weighted by atomic mass is 35.5. The van der Waals surface area contributed by atoms with E-state index >= 15 is 0 Å². The molecule has 0 fully saturated rings. The number of aromatic hydroxyl groups is 1. The number of aromatic amines is 1. The molecule has 92 valence electrons. The van der Waals surface area contributed by atoms with Crippen LogP contribution in [0.4, 0.5) is 5.69 Å². The number of rotatable bonds is 2. The van der Waals surface area contributed by atoms with Crippen LogP contribution in [0.3, 0.4) is 0 Å². The summed E-state index contributed by atoms with van der Waals surface area (Å²) >= 11 is 5.78. The van der Waals surface area contributed by atoms with E-state index in [2.05, 4.69) is 10.3 Å². The monoisotopic (exact) mass is 264 g/mol.